The summed E-state index contributed by atoms with van der Waals surface area (Å²) in [6.07, 6.45) is 15.1. The van der Waals surface area contributed by atoms with E-state index in [0.717, 1.165) is 72.2 Å². The Morgan fingerprint density at radius 2 is 1.46 bits per heavy atom. The van der Waals surface area contributed by atoms with Crippen molar-refractivity contribution in [3.8, 4) is 45.3 Å². The molecule has 2 aliphatic heterocycles. The fraction of sp³-hybridized carbons (Fsp3) is 0.302. The number of pyridine rings is 4. The van der Waals surface area contributed by atoms with Gasteiger partial charge in [-0.3, -0.25) is 25.0 Å². The maximum absolute atomic E-state index is 17.8. The van der Waals surface area contributed by atoms with Gasteiger partial charge in [0.2, 0.25) is 5.91 Å². The number of hydrogen-bond acceptors (Lipinski definition) is 12. The van der Waals surface area contributed by atoms with Crippen LogP contribution in [0.1, 0.15) is 69.9 Å². The molecule has 8 aromatic heterocycles. The molecule has 72 heavy (non-hydrogen) atoms. The van der Waals surface area contributed by atoms with Crippen LogP contribution >= 0.6 is 0 Å². The number of carbonyl (C=O) groups is 1. The average molecular weight is 967 g/mol. The van der Waals surface area contributed by atoms with Crippen LogP contribution in [-0.2, 0) is 11.3 Å². The third kappa shape index (κ3) is 8.12. The third-order valence-corrected chi connectivity index (χ3v) is 14.0. The molecule has 1 unspecified atom stereocenters. The van der Waals surface area contributed by atoms with Crippen LogP contribution in [0, 0.1) is 17.6 Å². The van der Waals surface area contributed by atoms with Gasteiger partial charge in [-0.25, -0.2) is 28.7 Å². The minimum atomic E-state index is -0.476. The van der Waals surface area contributed by atoms with E-state index in [-0.39, 0.29) is 23.6 Å². The normalized spacial score (nSPS) is 15.5. The van der Waals surface area contributed by atoms with E-state index in [2.05, 4.69) is 55.7 Å². The number of benzene rings is 2. The van der Waals surface area contributed by atoms with Crippen LogP contribution in [-0.4, -0.2) is 98.9 Å². The number of halogens is 2. The number of imidazole rings is 2. The van der Waals surface area contributed by atoms with E-state index in [0.29, 0.717) is 110 Å². The van der Waals surface area contributed by atoms with Crippen LogP contribution in [0.2, 0.25) is 0 Å². The minimum absolute atomic E-state index is 0.166. The molecule has 0 saturated carbocycles. The molecule has 19 heteroatoms. The Balaban J connectivity index is 0.913. The summed E-state index contributed by atoms with van der Waals surface area (Å²) >= 11 is 0. The van der Waals surface area contributed by atoms with Gasteiger partial charge in [0.1, 0.15) is 34.1 Å². The van der Waals surface area contributed by atoms with Gasteiger partial charge in [-0.05, 0) is 80.6 Å². The molecule has 364 valence electrons. The Hall–Kier alpha value is -8.19. The number of aromatic nitrogens is 12. The average Bonchev–Trinajstić information content (AvgIpc) is 4.23. The largest absolute Gasteiger partial charge is 0.355 e. The molecule has 2 aliphatic rings. The molecule has 10 heterocycles. The highest BCUT2D eigenvalue weighted by molar-refractivity contribution is 6.00. The molecule has 12 rings (SSSR count). The molecule has 2 aromatic carbocycles. The predicted octanol–water partition coefficient (Wildman–Crippen LogP) is 9.80. The predicted molar refractivity (Wildman–Crippen MR) is 275 cm³/mol. The van der Waals surface area contributed by atoms with Gasteiger partial charge < -0.3 is 30.4 Å². The molecule has 2 saturated heterocycles. The molecular formula is C53H52F2N16O. The Kier molecular flexibility index (Phi) is 11.6. The Morgan fingerprint density at radius 3 is 2.24 bits per heavy atom. The van der Waals surface area contributed by atoms with Crippen molar-refractivity contribution in [2.24, 2.45) is 5.92 Å². The van der Waals surface area contributed by atoms with Gasteiger partial charge in [-0.2, -0.15) is 10.2 Å². The van der Waals surface area contributed by atoms with Gasteiger partial charge in [-0.15, -0.1) is 0 Å². The number of anilines is 3. The van der Waals surface area contributed by atoms with E-state index in [1.54, 1.807) is 44.6 Å². The SMILES string of the molecule is CCNCc1cncc(-c2cc3c(-c4nc5c(N6CCCCC6)nccc5[nH]4)[nH]nc3c(C3CCCN(c4nccc5[nH]c(-c6n[nH]c7cc(F)c(-c8cncc(NC(=O)C(C)C)c8)cc67)nc45)C3)c2F)c1. The molecule has 0 spiro atoms. The summed E-state index contributed by atoms with van der Waals surface area (Å²) in [6, 6.07) is 12.5. The fourth-order valence-electron chi connectivity index (χ4n) is 10.3. The summed E-state index contributed by atoms with van der Waals surface area (Å²) < 4.78 is 33.5. The second-order valence-electron chi connectivity index (χ2n) is 19.1. The number of hydrogen-bond donors (Lipinski definition) is 6. The van der Waals surface area contributed by atoms with Crippen molar-refractivity contribution in [2.75, 3.05) is 47.8 Å². The number of carbonyl (C=O) groups excluding carboxylic acids is 1. The summed E-state index contributed by atoms with van der Waals surface area (Å²) in [6.45, 7) is 10.0. The Bertz CT molecular complexity index is 3680. The monoisotopic (exact) mass is 966 g/mol. The summed E-state index contributed by atoms with van der Waals surface area (Å²) in [7, 11) is 0. The van der Waals surface area contributed by atoms with E-state index < -0.39 is 5.82 Å². The molecule has 0 radical (unpaired) electrons. The zero-order valence-corrected chi connectivity index (χ0v) is 40.1. The highest BCUT2D eigenvalue weighted by Gasteiger charge is 2.32. The van der Waals surface area contributed by atoms with Crippen molar-refractivity contribution in [1.29, 1.82) is 0 Å². The number of nitrogens with zero attached hydrogens (tertiary/aromatic N) is 10. The number of piperidine rings is 2. The van der Waals surface area contributed by atoms with Gasteiger partial charge in [0.25, 0.3) is 0 Å². The van der Waals surface area contributed by atoms with Crippen molar-refractivity contribution >= 4 is 67.1 Å². The Morgan fingerprint density at radius 1 is 0.750 bits per heavy atom. The van der Waals surface area contributed by atoms with Crippen molar-refractivity contribution in [2.45, 2.75) is 65.3 Å². The molecule has 2 fully saturated rings. The standard InChI is InChI=1S/C53H52F2N16O/c1-4-56-22-29-17-31(24-57-23-29)35-20-37-44(67-69-46(37)50-63-39-10-12-59-51(47(39)64-50)70-14-6-5-7-15-70)42(43(35)55)30-9-8-16-71(27-30)52-48-40(11-13-60-52)62-49(65-48)45-36-19-34(38(54)21-41(36)66-68-45)32-18-33(26-58-25-32)61-53(72)28(2)3/h10-13,17-21,23-26,28,30,56H,4-9,14-16,22,27H2,1-3H3,(H,61,72)(H,62,65)(H,63,64)(H,66,68)(H,67,69). The van der Waals surface area contributed by atoms with E-state index in [4.69, 9.17) is 25.0 Å². The van der Waals surface area contributed by atoms with Gasteiger partial charge in [0.15, 0.2) is 23.3 Å². The first-order valence-electron chi connectivity index (χ1n) is 24.7. The molecular weight excluding hydrogens is 915 g/mol. The zero-order chi connectivity index (χ0) is 49.0. The zero-order valence-electron chi connectivity index (χ0n) is 40.1. The number of nitrogens with one attached hydrogen (secondary N) is 6. The quantitative estimate of drug-likeness (QED) is 0.0675. The molecule has 0 bridgehead atoms. The van der Waals surface area contributed by atoms with Crippen LogP contribution < -0.4 is 20.4 Å². The third-order valence-electron chi connectivity index (χ3n) is 14.0. The maximum atomic E-state index is 17.8. The van der Waals surface area contributed by atoms with E-state index in [9.17, 15) is 4.79 Å². The first kappa shape index (κ1) is 45.0. The molecule has 10 aromatic rings. The van der Waals surface area contributed by atoms with Gasteiger partial charge in [-0.1, -0.05) is 20.8 Å². The summed E-state index contributed by atoms with van der Waals surface area (Å²) in [5, 5.41) is 23.3. The van der Waals surface area contributed by atoms with Crippen molar-refractivity contribution in [3.05, 3.63) is 102 Å². The summed E-state index contributed by atoms with van der Waals surface area (Å²) in [5.41, 5.74) is 9.01. The lowest BCUT2D eigenvalue weighted by Crippen LogP contribution is -2.35. The highest BCUT2D eigenvalue weighted by atomic mass is 19.1. The number of fused-ring (bicyclic) bond motifs is 4. The van der Waals surface area contributed by atoms with Crippen LogP contribution in [0.25, 0.3) is 89.2 Å². The smallest absolute Gasteiger partial charge is 0.226 e. The molecule has 0 aliphatic carbocycles. The van der Waals surface area contributed by atoms with E-state index >= 15 is 8.78 Å². The lowest BCUT2D eigenvalue weighted by atomic mass is 9.86. The molecule has 1 atom stereocenters. The summed E-state index contributed by atoms with van der Waals surface area (Å²) in [5.74, 6) is 1.06. The number of aromatic amines is 4. The number of rotatable bonds is 12. The first-order valence-corrected chi connectivity index (χ1v) is 24.7. The first-order chi connectivity index (χ1) is 35.2. The lowest BCUT2D eigenvalue weighted by Gasteiger charge is -2.34. The maximum Gasteiger partial charge on any atom is 0.226 e. The second kappa shape index (κ2) is 18.5. The van der Waals surface area contributed by atoms with Crippen molar-refractivity contribution < 1.29 is 13.6 Å². The van der Waals surface area contributed by atoms with Crippen molar-refractivity contribution in [1.82, 2.24) is 65.6 Å². The van der Waals surface area contributed by atoms with Gasteiger partial charge in [0, 0.05) is 120 Å². The van der Waals surface area contributed by atoms with Crippen LogP contribution in [0.15, 0.2) is 79.6 Å². The summed E-state index contributed by atoms with van der Waals surface area (Å²) in [4.78, 5) is 52.6. The number of amides is 1. The topological polar surface area (TPSA) is 214 Å². The van der Waals surface area contributed by atoms with Crippen LogP contribution in [0.3, 0.4) is 0 Å². The van der Waals surface area contributed by atoms with Crippen LogP contribution in [0.5, 0.6) is 0 Å². The van der Waals surface area contributed by atoms with Crippen molar-refractivity contribution in [3.63, 3.8) is 0 Å². The number of H-pyrrole nitrogens is 4. The molecule has 1 amide bonds. The minimum Gasteiger partial charge on any atom is -0.355 e. The molecule has 17 nitrogen and oxygen atoms in total. The van der Waals surface area contributed by atoms with Gasteiger partial charge in [0.05, 0.1) is 34.0 Å². The van der Waals surface area contributed by atoms with Crippen LogP contribution in [0.4, 0.5) is 26.1 Å². The highest BCUT2D eigenvalue weighted by Crippen LogP contribution is 2.43. The van der Waals surface area contributed by atoms with E-state index in [1.807, 2.05) is 43.6 Å². The second-order valence-corrected chi connectivity index (χ2v) is 19.1. The van der Waals surface area contributed by atoms with E-state index in [1.165, 1.54) is 18.7 Å². The van der Waals surface area contributed by atoms with Gasteiger partial charge >= 0.3 is 0 Å². The Labute approximate surface area is 411 Å². The lowest BCUT2D eigenvalue weighted by molar-refractivity contribution is -0.118. The molecule has 6 N–H and O–H groups in total. The fourth-order valence-corrected chi connectivity index (χ4v) is 10.3.